The van der Waals surface area contributed by atoms with Crippen LogP contribution in [0, 0.1) is 0 Å². The van der Waals surface area contributed by atoms with E-state index in [-0.39, 0.29) is 30.7 Å². The smallest absolute Gasteiger partial charge is 0.261 e. The first-order valence-electron chi connectivity index (χ1n) is 10.0. The fourth-order valence-corrected chi connectivity index (χ4v) is 4.16. The number of para-hydroxylation sites is 1. The number of anilines is 1. The monoisotopic (exact) mass is 435 g/mol. The van der Waals surface area contributed by atoms with Crippen LogP contribution in [0.5, 0.6) is 5.75 Å². The highest BCUT2D eigenvalue weighted by molar-refractivity contribution is 7.14. The minimum absolute atomic E-state index is 0.178. The molecule has 0 radical (unpaired) electrons. The highest BCUT2D eigenvalue weighted by Gasteiger charge is 2.34. The van der Waals surface area contributed by atoms with E-state index in [2.05, 4.69) is 10.3 Å². The number of imide groups is 1. The summed E-state index contributed by atoms with van der Waals surface area (Å²) in [7, 11) is 0. The van der Waals surface area contributed by atoms with Crippen LogP contribution in [-0.4, -0.2) is 40.8 Å². The predicted octanol–water partition coefficient (Wildman–Crippen LogP) is 4.22. The van der Waals surface area contributed by atoms with Crippen molar-refractivity contribution in [2.45, 2.75) is 19.8 Å². The maximum absolute atomic E-state index is 12.4. The Morgan fingerprint density at radius 1 is 1.03 bits per heavy atom. The lowest BCUT2D eigenvalue weighted by molar-refractivity contribution is -0.116. The minimum atomic E-state index is -0.307. The maximum atomic E-state index is 12.4. The second-order valence-electron chi connectivity index (χ2n) is 6.93. The van der Waals surface area contributed by atoms with Crippen molar-refractivity contribution in [2.75, 3.05) is 18.5 Å². The highest BCUT2D eigenvalue weighted by Crippen LogP contribution is 2.32. The summed E-state index contributed by atoms with van der Waals surface area (Å²) in [6, 6.07) is 14.4. The van der Waals surface area contributed by atoms with E-state index in [1.807, 2.05) is 36.6 Å². The first kappa shape index (κ1) is 20.7. The number of aromatic nitrogens is 1. The molecule has 8 heteroatoms. The zero-order valence-corrected chi connectivity index (χ0v) is 17.8. The van der Waals surface area contributed by atoms with Gasteiger partial charge in [0.05, 0.1) is 23.4 Å². The fraction of sp³-hybridized carbons (Fsp3) is 0.217. The van der Waals surface area contributed by atoms with E-state index < -0.39 is 0 Å². The molecule has 1 aromatic heterocycles. The number of carbonyl (C=O) groups is 3. The molecule has 0 atom stereocenters. The van der Waals surface area contributed by atoms with Gasteiger partial charge in [-0.2, -0.15) is 0 Å². The molecule has 7 nitrogen and oxygen atoms in total. The Hall–Kier alpha value is -3.52. The van der Waals surface area contributed by atoms with Crippen LogP contribution in [0.1, 0.15) is 40.5 Å². The van der Waals surface area contributed by atoms with Gasteiger partial charge in [0.15, 0.2) is 5.13 Å². The highest BCUT2D eigenvalue weighted by atomic mass is 32.1. The van der Waals surface area contributed by atoms with Gasteiger partial charge in [0.2, 0.25) is 5.91 Å². The Kier molecular flexibility index (Phi) is 6.08. The second kappa shape index (κ2) is 9.09. The van der Waals surface area contributed by atoms with Gasteiger partial charge >= 0.3 is 0 Å². The van der Waals surface area contributed by atoms with Crippen LogP contribution in [-0.2, 0) is 4.79 Å². The summed E-state index contributed by atoms with van der Waals surface area (Å²) in [5, 5.41) is 5.15. The van der Waals surface area contributed by atoms with Crippen molar-refractivity contribution in [3.8, 4) is 17.0 Å². The van der Waals surface area contributed by atoms with E-state index in [4.69, 9.17) is 4.74 Å². The van der Waals surface area contributed by atoms with Crippen LogP contribution in [0.3, 0.4) is 0 Å². The van der Waals surface area contributed by atoms with E-state index >= 15 is 0 Å². The summed E-state index contributed by atoms with van der Waals surface area (Å²) in [6.07, 6.45) is 0.556. The molecular weight excluding hydrogens is 414 g/mol. The van der Waals surface area contributed by atoms with Crippen LogP contribution in [0.25, 0.3) is 11.3 Å². The van der Waals surface area contributed by atoms with E-state index in [9.17, 15) is 14.4 Å². The lowest BCUT2D eigenvalue weighted by Gasteiger charge is -2.13. The Bertz CT molecular complexity index is 1110. The Balaban J connectivity index is 1.32. The van der Waals surface area contributed by atoms with Crippen molar-refractivity contribution in [3.05, 3.63) is 65.0 Å². The van der Waals surface area contributed by atoms with Gasteiger partial charge in [-0.05, 0) is 37.6 Å². The van der Waals surface area contributed by atoms with E-state index in [0.717, 1.165) is 17.0 Å². The Morgan fingerprint density at radius 2 is 1.68 bits per heavy atom. The van der Waals surface area contributed by atoms with Crippen LogP contribution in [0.15, 0.2) is 53.9 Å². The van der Waals surface area contributed by atoms with Crippen LogP contribution in [0.4, 0.5) is 5.13 Å². The second-order valence-corrected chi connectivity index (χ2v) is 7.78. The van der Waals surface area contributed by atoms with Gasteiger partial charge in [0.1, 0.15) is 5.75 Å². The number of nitrogens with zero attached hydrogens (tertiary/aromatic N) is 2. The molecule has 0 fully saturated rings. The number of hydrogen-bond acceptors (Lipinski definition) is 6. The third-order valence-electron chi connectivity index (χ3n) is 4.88. The molecule has 1 aliphatic rings. The third-order valence-corrected chi connectivity index (χ3v) is 5.63. The van der Waals surface area contributed by atoms with Crippen molar-refractivity contribution < 1.29 is 19.1 Å². The number of thiazole rings is 1. The van der Waals surface area contributed by atoms with Gasteiger partial charge in [0.25, 0.3) is 11.8 Å². The van der Waals surface area contributed by atoms with Crippen molar-refractivity contribution >= 4 is 34.2 Å². The molecule has 1 N–H and O–H groups in total. The first-order chi connectivity index (χ1) is 15.1. The molecule has 3 aromatic rings. The summed E-state index contributed by atoms with van der Waals surface area (Å²) in [5.74, 6) is -0.0817. The van der Waals surface area contributed by atoms with Gasteiger partial charge in [-0.25, -0.2) is 4.98 Å². The number of fused-ring (bicyclic) bond motifs is 1. The first-order valence-corrected chi connectivity index (χ1v) is 10.9. The number of rotatable bonds is 8. The molecule has 0 bridgehead atoms. The molecule has 0 saturated carbocycles. The molecule has 2 heterocycles. The van der Waals surface area contributed by atoms with E-state index in [1.165, 1.54) is 16.2 Å². The van der Waals surface area contributed by atoms with Gasteiger partial charge in [-0.15, -0.1) is 11.3 Å². The quantitative estimate of drug-likeness (QED) is 0.535. The van der Waals surface area contributed by atoms with Crippen LogP contribution < -0.4 is 10.1 Å². The summed E-state index contributed by atoms with van der Waals surface area (Å²) in [6.45, 7) is 2.67. The van der Waals surface area contributed by atoms with Crippen molar-refractivity contribution in [3.63, 3.8) is 0 Å². The van der Waals surface area contributed by atoms with Crippen LogP contribution >= 0.6 is 11.3 Å². The molecule has 0 aliphatic carbocycles. The molecule has 0 unspecified atom stereocenters. The summed E-state index contributed by atoms with van der Waals surface area (Å²) in [4.78, 5) is 42.8. The predicted molar refractivity (Wildman–Crippen MR) is 118 cm³/mol. The number of ether oxygens (including phenoxy) is 1. The van der Waals surface area contributed by atoms with Crippen molar-refractivity contribution in [2.24, 2.45) is 0 Å². The third kappa shape index (κ3) is 4.34. The Labute approximate surface area is 183 Å². The van der Waals surface area contributed by atoms with Gasteiger partial charge in [-0.1, -0.05) is 24.3 Å². The number of hydrogen-bond donors (Lipinski definition) is 1. The molecule has 0 spiro atoms. The van der Waals surface area contributed by atoms with E-state index in [0.29, 0.717) is 29.3 Å². The molecule has 158 valence electrons. The summed E-state index contributed by atoms with van der Waals surface area (Å²) in [5.41, 5.74) is 2.43. The van der Waals surface area contributed by atoms with E-state index in [1.54, 1.807) is 24.3 Å². The number of amides is 3. The SMILES string of the molecule is CCOc1ccccc1-c1csc(NC(=O)CCCN2C(=O)c3ccccc3C2=O)n1. The van der Waals surface area contributed by atoms with Crippen molar-refractivity contribution in [1.82, 2.24) is 9.88 Å². The number of carbonyl (C=O) groups excluding carboxylic acids is 3. The van der Waals surface area contributed by atoms with Gasteiger partial charge in [0, 0.05) is 23.9 Å². The average Bonchev–Trinajstić information content (AvgIpc) is 3.33. The summed E-state index contributed by atoms with van der Waals surface area (Å²) >= 11 is 1.33. The molecule has 31 heavy (non-hydrogen) atoms. The minimum Gasteiger partial charge on any atom is -0.493 e. The molecule has 4 rings (SSSR count). The largest absolute Gasteiger partial charge is 0.493 e. The molecule has 1 aliphatic heterocycles. The lowest BCUT2D eigenvalue weighted by Crippen LogP contribution is -2.31. The van der Waals surface area contributed by atoms with Gasteiger partial charge in [-0.3, -0.25) is 19.3 Å². The maximum Gasteiger partial charge on any atom is 0.261 e. The fourth-order valence-electron chi connectivity index (χ4n) is 3.44. The zero-order chi connectivity index (χ0) is 21.8. The number of nitrogens with one attached hydrogen (secondary N) is 1. The molecule has 2 aromatic carbocycles. The zero-order valence-electron chi connectivity index (χ0n) is 17.0. The molecule has 3 amide bonds. The standard InChI is InChI=1S/C23H21N3O4S/c1-2-30-19-11-6-5-10-17(19)18-14-31-23(24-18)25-20(27)12-7-13-26-21(28)15-8-3-4-9-16(15)22(26)29/h3-6,8-11,14H,2,7,12-13H2,1H3,(H,24,25,27). The average molecular weight is 436 g/mol. The topological polar surface area (TPSA) is 88.6 Å². The number of benzene rings is 2. The molecular formula is C23H21N3O4S. The van der Waals surface area contributed by atoms with Gasteiger partial charge < -0.3 is 10.1 Å². The normalized spacial score (nSPS) is 12.7. The Morgan fingerprint density at radius 3 is 2.35 bits per heavy atom. The van der Waals surface area contributed by atoms with Crippen molar-refractivity contribution in [1.29, 1.82) is 0 Å². The molecule has 0 saturated heterocycles. The summed E-state index contributed by atoms with van der Waals surface area (Å²) < 4.78 is 5.64. The lowest BCUT2D eigenvalue weighted by atomic mass is 10.1. The van der Waals surface area contributed by atoms with Crippen LogP contribution in [0.2, 0.25) is 0 Å².